The van der Waals surface area contributed by atoms with Gasteiger partial charge in [-0.3, -0.25) is 0 Å². The fourth-order valence-corrected chi connectivity index (χ4v) is 4.83. The molecular weight excluding hydrogens is 530 g/mol. The third-order valence-corrected chi connectivity index (χ3v) is 6.51. The number of anilines is 2. The molecule has 0 aromatic heterocycles. The summed E-state index contributed by atoms with van der Waals surface area (Å²) >= 11 is 0. The number of hydrogen-bond acceptors (Lipinski definition) is 6. The van der Waals surface area contributed by atoms with E-state index in [1.807, 2.05) is 4.90 Å². The molecule has 39 heavy (non-hydrogen) atoms. The van der Waals surface area contributed by atoms with Gasteiger partial charge in [-0.05, 0) is 47.5 Å². The number of alkyl halides is 6. The Morgan fingerprint density at radius 2 is 1.59 bits per heavy atom. The van der Waals surface area contributed by atoms with Crippen LogP contribution in [-0.2, 0) is 6.54 Å². The lowest BCUT2D eigenvalue weighted by atomic mass is 9.97. The normalized spacial score (nSPS) is 18.0. The van der Waals surface area contributed by atoms with Crippen molar-refractivity contribution in [2.75, 3.05) is 36.1 Å². The number of halogens is 6. The number of hydrogen-bond donors (Lipinski definition) is 1. The van der Waals surface area contributed by atoms with Crippen molar-refractivity contribution in [2.45, 2.75) is 31.2 Å². The van der Waals surface area contributed by atoms with Crippen LogP contribution < -0.4 is 24.0 Å². The summed E-state index contributed by atoms with van der Waals surface area (Å²) in [6, 6.07) is 16.8. The molecule has 208 valence electrons. The monoisotopic (exact) mass is 554 g/mol. The van der Waals surface area contributed by atoms with Gasteiger partial charge in [-0.1, -0.05) is 30.3 Å². The molecule has 1 N–H and O–H groups in total. The van der Waals surface area contributed by atoms with E-state index in [0.717, 1.165) is 0 Å². The number of nitrogens with zero attached hydrogens (tertiary/aromatic N) is 2. The molecule has 0 amide bonds. The molecule has 0 spiro atoms. The summed E-state index contributed by atoms with van der Waals surface area (Å²) in [5.41, 5.74) is 2.15. The molecule has 0 radical (unpaired) electrons. The predicted octanol–water partition coefficient (Wildman–Crippen LogP) is 5.85. The van der Waals surface area contributed by atoms with Crippen LogP contribution in [0.3, 0.4) is 0 Å². The fraction of sp³-hybridized carbons (Fsp3) is 0.333. The van der Waals surface area contributed by atoms with Crippen LogP contribution in [0.4, 0.5) is 37.7 Å². The van der Waals surface area contributed by atoms with Crippen LogP contribution in [0.1, 0.15) is 17.2 Å². The molecule has 0 bridgehead atoms. The van der Waals surface area contributed by atoms with Gasteiger partial charge < -0.3 is 29.1 Å². The molecule has 2 heterocycles. The first-order valence-corrected chi connectivity index (χ1v) is 12.1. The van der Waals surface area contributed by atoms with Gasteiger partial charge in [0.2, 0.25) is 0 Å². The second-order valence-electron chi connectivity index (χ2n) is 9.19. The Bertz CT molecular complexity index is 1320. The van der Waals surface area contributed by atoms with Crippen molar-refractivity contribution in [3.63, 3.8) is 0 Å². The minimum Gasteiger partial charge on any atom is -0.486 e. The van der Waals surface area contributed by atoms with Gasteiger partial charge in [-0.15, -0.1) is 13.2 Å². The van der Waals surface area contributed by atoms with Crippen molar-refractivity contribution in [3.05, 3.63) is 77.9 Å². The second-order valence-corrected chi connectivity index (χ2v) is 9.19. The molecular formula is C27H24F6N2O4. The standard InChI is InChI=1S/C27H24F6N2O4/c28-26(29,30)25(36)16-35-21-7-2-1-6-20(21)34(14-17-4-3-5-19(12-17)39-27(31,32)33)15-22(35)18-8-9-23-24(13-18)38-11-10-37-23/h1-9,12-13,22,25,36H,10-11,14-16H2. The smallest absolute Gasteiger partial charge is 0.486 e. The Labute approximate surface area is 219 Å². The molecule has 3 aromatic rings. The molecule has 2 atom stereocenters. The second kappa shape index (κ2) is 10.4. The number of fused-ring (bicyclic) bond motifs is 2. The Hall–Kier alpha value is -3.80. The van der Waals surface area contributed by atoms with Crippen LogP contribution in [0.25, 0.3) is 0 Å². The number of aliphatic hydroxyl groups excluding tert-OH is 1. The summed E-state index contributed by atoms with van der Waals surface area (Å²) in [5.74, 6) is 0.600. The average molecular weight is 554 g/mol. The number of benzene rings is 3. The van der Waals surface area contributed by atoms with E-state index in [2.05, 4.69) is 4.74 Å². The van der Waals surface area contributed by atoms with Gasteiger partial charge in [0.25, 0.3) is 0 Å². The van der Waals surface area contributed by atoms with Crippen LogP contribution in [0.5, 0.6) is 17.2 Å². The molecule has 5 rings (SSSR count). The van der Waals surface area contributed by atoms with Gasteiger partial charge >= 0.3 is 12.5 Å². The molecule has 0 aliphatic carbocycles. The number of para-hydroxylation sites is 2. The van der Waals surface area contributed by atoms with Crippen molar-refractivity contribution in [1.82, 2.24) is 0 Å². The van der Waals surface area contributed by atoms with Crippen molar-refractivity contribution in [3.8, 4) is 17.2 Å². The number of β-amino-alcohol motifs (C(OH)–C–C–N with tert-alkyl or cyclic N) is 1. The Morgan fingerprint density at radius 1 is 0.872 bits per heavy atom. The number of ether oxygens (including phenoxy) is 3. The third kappa shape index (κ3) is 6.11. The van der Waals surface area contributed by atoms with Crippen molar-refractivity contribution >= 4 is 11.4 Å². The highest BCUT2D eigenvalue weighted by molar-refractivity contribution is 5.75. The zero-order valence-electron chi connectivity index (χ0n) is 20.4. The molecule has 0 fully saturated rings. The maximum absolute atomic E-state index is 13.4. The van der Waals surface area contributed by atoms with Gasteiger partial charge in [-0.2, -0.15) is 13.2 Å². The van der Waals surface area contributed by atoms with Crippen LogP contribution in [0.15, 0.2) is 66.7 Å². The molecule has 12 heteroatoms. The van der Waals surface area contributed by atoms with Gasteiger partial charge in [-0.25, -0.2) is 0 Å². The maximum atomic E-state index is 13.4. The van der Waals surface area contributed by atoms with Gasteiger partial charge in [0, 0.05) is 13.1 Å². The van der Waals surface area contributed by atoms with Gasteiger partial charge in [0.1, 0.15) is 19.0 Å². The lowest BCUT2D eigenvalue weighted by molar-refractivity contribution is -0.274. The molecule has 0 saturated heterocycles. The first-order chi connectivity index (χ1) is 18.5. The SMILES string of the molecule is OC(CN1c2ccccc2N(Cc2cccc(OC(F)(F)F)c2)CC1c1ccc2c(c1)OCCO2)C(F)(F)F. The highest BCUT2D eigenvalue weighted by Gasteiger charge is 2.42. The van der Waals surface area contributed by atoms with E-state index in [1.165, 1.54) is 23.1 Å². The minimum absolute atomic E-state index is 0.156. The highest BCUT2D eigenvalue weighted by atomic mass is 19.4. The lowest BCUT2D eigenvalue weighted by Gasteiger charge is -2.46. The average Bonchev–Trinajstić information content (AvgIpc) is 2.88. The van der Waals surface area contributed by atoms with Crippen LogP contribution in [0.2, 0.25) is 0 Å². The van der Waals surface area contributed by atoms with E-state index in [4.69, 9.17) is 9.47 Å². The van der Waals surface area contributed by atoms with Crippen molar-refractivity contribution in [1.29, 1.82) is 0 Å². The van der Waals surface area contributed by atoms with Gasteiger partial charge in [0.15, 0.2) is 17.6 Å². The summed E-state index contributed by atoms with van der Waals surface area (Å²) in [6.45, 7) is 0.303. The van der Waals surface area contributed by atoms with Crippen LogP contribution >= 0.6 is 0 Å². The quantitative estimate of drug-likeness (QED) is 0.386. The largest absolute Gasteiger partial charge is 0.573 e. The predicted molar refractivity (Wildman–Crippen MR) is 130 cm³/mol. The topological polar surface area (TPSA) is 54.4 Å². The fourth-order valence-electron chi connectivity index (χ4n) is 4.83. The highest BCUT2D eigenvalue weighted by Crippen LogP contribution is 2.44. The molecule has 2 unspecified atom stereocenters. The molecule has 2 aliphatic rings. The molecule has 2 aliphatic heterocycles. The van der Waals surface area contributed by atoms with Crippen LogP contribution in [-0.4, -0.2) is 50.1 Å². The first-order valence-electron chi connectivity index (χ1n) is 12.1. The van der Waals surface area contributed by atoms with E-state index in [0.29, 0.717) is 47.2 Å². The summed E-state index contributed by atoms with van der Waals surface area (Å²) in [6.07, 6.45) is -12.3. The zero-order chi connectivity index (χ0) is 27.8. The summed E-state index contributed by atoms with van der Waals surface area (Å²) < 4.78 is 93.9. The Kier molecular flexibility index (Phi) is 7.15. The van der Waals surface area contributed by atoms with Crippen molar-refractivity contribution in [2.24, 2.45) is 0 Å². The van der Waals surface area contributed by atoms with E-state index >= 15 is 0 Å². The van der Waals surface area contributed by atoms with Crippen LogP contribution in [0, 0.1) is 0 Å². The van der Waals surface area contributed by atoms with E-state index in [9.17, 15) is 31.4 Å². The Balaban J connectivity index is 1.53. The van der Waals surface area contributed by atoms with Gasteiger partial charge in [0.05, 0.1) is 24.0 Å². The van der Waals surface area contributed by atoms with E-state index < -0.39 is 31.2 Å². The van der Waals surface area contributed by atoms with E-state index in [-0.39, 0.29) is 18.8 Å². The summed E-state index contributed by atoms with van der Waals surface area (Å²) in [4.78, 5) is 3.37. The zero-order valence-corrected chi connectivity index (χ0v) is 20.4. The Morgan fingerprint density at radius 3 is 2.31 bits per heavy atom. The molecule has 0 saturated carbocycles. The number of rotatable bonds is 6. The molecule has 3 aromatic carbocycles. The maximum Gasteiger partial charge on any atom is 0.573 e. The first kappa shape index (κ1) is 26.8. The number of aliphatic hydroxyl groups is 1. The van der Waals surface area contributed by atoms with Crippen molar-refractivity contribution < 1.29 is 45.7 Å². The summed E-state index contributed by atoms with van der Waals surface area (Å²) in [7, 11) is 0. The third-order valence-electron chi connectivity index (χ3n) is 6.51. The minimum atomic E-state index is -4.85. The lowest BCUT2D eigenvalue weighted by Crippen LogP contribution is -2.49. The summed E-state index contributed by atoms with van der Waals surface area (Å²) in [5, 5.41) is 10.0. The van der Waals surface area contributed by atoms with E-state index in [1.54, 1.807) is 48.5 Å². The molecule has 6 nitrogen and oxygen atoms in total.